The van der Waals surface area contributed by atoms with Gasteiger partial charge in [-0.3, -0.25) is 9.59 Å². The number of allylic oxidation sites excluding steroid dienone is 2. The van der Waals surface area contributed by atoms with Crippen molar-refractivity contribution in [2.75, 3.05) is 11.1 Å². The number of anilines is 1. The molecule has 134 valence electrons. The number of thioether (sulfide) groups is 1. The molecule has 1 aromatic heterocycles. The van der Waals surface area contributed by atoms with Crippen molar-refractivity contribution in [1.82, 2.24) is 9.97 Å². The summed E-state index contributed by atoms with van der Waals surface area (Å²) in [5, 5.41) is 3.74. The number of aromatic amines is 1. The summed E-state index contributed by atoms with van der Waals surface area (Å²) < 4.78 is 13.9. The number of nitrogens with zero attached hydrogens (tertiary/aromatic N) is 1. The molecular weight excluding hydrogens is 353 g/mol. The van der Waals surface area contributed by atoms with Gasteiger partial charge in [-0.05, 0) is 36.3 Å². The van der Waals surface area contributed by atoms with Crippen molar-refractivity contribution in [1.29, 1.82) is 0 Å². The standard InChI is InChI=1S/C19H18FN3O2S/c1-2-26-19-22-17-16(18(25)23-19)14(10-5-3-6-11(20)9-10)15-12(21-17)7-4-8-13(15)24/h3,5-6,9,14H,2,4,7-8H2,1H3,(H2,21,22,23,25). The molecule has 1 unspecified atom stereocenters. The van der Waals surface area contributed by atoms with Crippen molar-refractivity contribution in [3.05, 3.63) is 62.8 Å². The molecule has 5 nitrogen and oxygen atoms in total. The van der Waals surface area contributed by atoms with Crippen LogP contribution in [-0.4, -0.2) is 21.5 Å². The molecule has 0 amide bonds. The van der Waals surface area contributed by atoms with Gasteiger partial charge in [0.1, 0.15) is 11.6 Å². The van der Waals surface area contributed by atoms with Gasteiger partial charge in [0.25, 0.3) is 5.56 Å². The summed E-state index contributed by atoms with van der Waals surface area (Å²) in [6, 6.07) is 6.10. The van der Waals surface area contributed by atoms with Gasteiger partial charge < -0.3 is 10.3 Å². The number of hydrogen-bond acceptors (Lipinski definition) is 5. The van der Waals surface area contributed by atoms with Crippen LogP contribution in [0.3, 0.4) is 0 Å². The van der Waals surface area contributed by atoms with Crippen LogP contribution < -0.4 is 10.9 Å². The van der Waals surface area contributed by atoms with Gasteiger partial charge in [0.2, 0.25) is 0 Å². The van der Waals surface area contributed by atoms with E-state index in [2.05, 4.69) is 15.3 Å². The molecule has 1 aromatic carbocycles. The molecule has 1 atom stereocenters. The van der Waals surface area contributed by atoms with Crippen molar-refractivity contribution in [3.8, 4) is 0 Å². The molecule has 2 aliphatic rings. The van der Waals surface area contributed by atoms with Crippen molar-refractivity contribution in [2.24, 2.45) is 0 Å². The number of halogens is 1. The van der Waals surface area contributed by atoms with Crippen LogP contribution in [0.15, 0.2) is 45.5 Å². The molecule has 1 aliphatic carbocycles. The van der Waals surface area contributed by atoms with Gasteiger partial charge >= 0.3 is 0 Å². The van der Waals surface area contributed by atoms with E-state index < -0.39 is 11.7 Å². The minimum Gasteiger partial charge on any atom is -0.343 e. The van der Waals surface area contributed by atoms with Gasteiger partial charge in [-0.25, -0.2) is 9.37 Å². The smallest absolute Gasteiger partial charge is 0.257 e. The van der Waals surface area contributed by atoms with E-state index in [4.69, 9.17) is 0 Å². The number of carbonyl (C=O) groups is 1. The number of H-pyrrole nitrogens is 1. The van der Waals surface area contributed by atoms with Gasteiger partial charge in [0.05, 0.1) is 5.56 Å². The predicted molar refractivity (Wildman–Crippen MR) is 99.0 cm³/mol. The van der Waals surface area contributed by atoms with Crippen LogP contribution in [-0.2, 0) is 4.79 Å². The average molecular weight is 371 g/mol. The average Bonchev–Trinajstić information content (AvgIpc) is 2.60. The lowest BCUT2D eigenvalue weighted by atomic mass is 9.76. The summed E-state index contributed by atoms with van der Waals surface area (Å²) in [7, 11) is 0. The van der Waals surface area contributed by atoms with Crippen LogP contribution >= 0.6 is 11.8 Å². The molecule has 0 bridgehead atoms. The molecular formula is C19H18FN3O2S. The first-order valence-corrected chi connectivity index (χ1v) is 9.62. The zero-order valence-corrected chi connectivity index (χ0v) is 15.1. The number of carbonyl (C=O) groups excluding carboxylic acids is 1. The second kappa shape index (κ2) is 6.72. The Labute approximate surface area is 154 Å². The number of fused-ring (bicyclic) bond motifs is 1. The second-order valence-corrected chi connectivity index (χ2v) is 7.60. The van der Waals surface area contributed by atoms with E-state index in [1.54, 1.807) is 12.1 Å². The molecule has 2 heterocycles. The summed E-state index contributed by atoms with van der Waals surface area (Å²) >= 11 is 1.44. The van der Waals surface area contributed by atoms with Gasteiger partial charge in [-0.2, -0.15) is 0 Å². The van der Waals surface area contributed by atoms with E-state index in [9.17, 15) is 14.0 Å². The first-order valence-electron chi connectivity index (χ1n) is 8.64. The summed E-state index contributed by atoms with van der Waals surface area (Å²) in [4.78, 5) is 32.8. The Morgan fingerprint density at radius 1 is 1.31 bits per heavy atom. The van der Waals surface area contributed by atoms with Crippen molar-refractivity contribution in [3.63, 3.8) is 0 Å². The Morgan fingerprint density at radius 2 is 2.15 bits per heavy atom. The van der Waals surface area contributed by atoms with Gasteiger partial charge in [0.15, 0.2) is 10.9 Å². The van der Waals surface area contributed by atoms with Crippen molar-refractivity contribution >= 4 is 23.4 Å². The molecule has 2 N–H and O–H groups in total. The van der Waals surface area contributed by atoms with E-state index in [-0.39, 0.29) is 11.3 Å². The monoisotopic (exact) mass is 371 g/mol. The quantitative estimate of drug-likeness (QED) is 0.637. The van der Waals surface area contributed by atoms with Gasteiger partial charge in [-0.15, -0.1) is 0 Å². The van der Waals surface area contributed by atoms with Crippen molar-refractivity contribution < 1.29 is 9.18 Å². The number of nitrogens with one attached hydrogen (secondary N) is 2. The van der Waals surface area contributed by atoms with E-state index in [1.807, 2.05) is 6.92 Å². The van der Waals surface area contributed by atoms with Crippen LogP contribution in [0.5, 0.6) is 0 Å². The summed E-state index contributed by atoms with van der Waals surface area (Å²) in [5.41, 5.74) is 2.05. The summed E-state index contributed by atoms with van der Waals surface area (Å²) in [5.74, 6) is 0.260. The first-order chi connectivity index (χ1) is 12.6. The maximum atomic E-state index is 13.9. The van der Waals surface area contributed by atoms with Crippen LogP contribution in [0.1, 0.15) is 43.2 Å². The molecule has 4 rings (SSSR count). The largest absolute Gasteiger partial charge is 0.343 e. The number of hydrogen-bond donors (Lipinski definition) is 2. The fraction of sp³-hybridized carbons (Fsp3) is 0.316. The number of benzene rings is 1. The fourth-order valence-electron chi connectivity index (χ4n) is 3.67. The lowest BCUT2D eigenvalue weighted by Crippen LogP contribution is -2.32. The topological polar surface area (TPSA) is 74.8 Å². The third-order valence-electron chi connectivity index (χ3n) is 4.70. The summed E-state index contributed by atoms with van der Waals surface area (Å²) in [6.07, 6.45) is 1.92. The van der Waals surface area contributed by atoms with Crippen LogP contribution in [0.2, 0.25) is 0 Å². The zero-order valence-electron chi connectivity index (χ0n) is 14.3. The number of aromatic nitrogens is 2. The molecule has 0 spiro atoms. The number of ketones is 1. The Kier molecular flexibility index (Phi) is 4.40. The molecule has 7 heteroatoms. The van der Waals surface area contributed by atoms with E-state index in [0.717, 1.165) is 24.3 Å². The first kappa shape index (κ1) is 17.0. The van der Waals surface area contributed by atoms with Crippen molar-refractivity contribution in [2.45, 2.75) is 37.3 Å². The highest BCUT2D eigenvalue weighted by Gasteiger charge is 2.37. The maximum Gasteiger partial charge on any atom is 0.257 e. The lowest BCUT2D eigenvalue weighted by Gasteiger charge is -2.32. The number of Topliss-reactive ketones (excluding diaryl/α,β-unsaturated/α-hetero) is 1. The normalized spacial score (nSPS) is 19.0. The van der Waals surface area contributed by atoms with Gasteiger partial charge in [0, 0.05) is 23.6 Å². The van der Waals surface area contributed by atoms with Crippen LogP contribution in [0.25, 0.3) is 0 Å². The third-order valence-corrected chi connectivity index (χ3v) is 5.45. The van der Waals surface area contributed by atoms with E-state index >= 15 is 0 Å². The molecule has 26 heavy (non-hydrogen) atoms. The molecule has 1 aliphatic heterocycles. The molecule has 0 fully saturated rings. The zero-order chi connectivity index (χ0) is 18.3. The van der Waals surface area contributed by atoms with Crippen LogP contribution in [0.4, 0.5) is 10.2 Å². The maximum absolute atomic E-state index is 13.9. The Hall–Kier alpha value is -2.41. The summed E-state index contributed by atoms with van der Waals surface area (Å²) in [6.45, 7) is 1.98. The molecule has 2 aromatic rings. The highest BCUT2D eigenvalue weighted by molar-refractivity contribution is 7.99. The Morgan fingerprint density at radius 3 is 2.92 bits per heavy atom. The SMILES string of the molecule is CCSc1nc2c(c(=O)[nH]1)C(c1cccc(F)c1)C1=C(CCCC1=O)N2. The van der Waals surface area contributed by atoms with E-state index in [1.165, 1.54) is 23.9 Å². The minimum absolute atomic E-state index is 0.00470. The molecule has 0 saturated heterocycles. The second-order valence-electron chi connectivity index (χ2n) is 6.35. The van der Waals surface area contributed by atoms with Gasteiger partial charge in [-0.1, -0.05) is 30.8 Å². The van der Waals surface area contributed by atoms with Crippen LogP contribution in [0, 0.1) is 5.82 Å². The number of rotatable bonds is 3. The Balaban J connectivity index is 1.96. The van der Waals surface area contributed by atoms with E-state index in [0.29, 0.717) is 34.1 Å². The molecule has 0 saturated carbocycles. The fourth-order valence-corrected chi connectivity index (χ4v) is 4.26. The third kappa shape index (κ3) is 2.86. The highest BCUT2D eigenvalue weighted by Crippen LogP contribution is 2.43. The predicted octanol–water partition coefficient (Wildman–Crippen LogP) is 3.59. The molecule has 0 radical (unpaired) electrons. The Bertz CT molecular complexity index is 983. The highest BCUT2D eigenvalue weighted by atomic mass is 32.2. The lowest BCUT2D eigenvalue weighted by molar-refractivity contribution is -0.116. The minimum atomic E-state index is -0.596.